The fourth-order valence-electron chi connectivity index (χ4n) is 3.25. The lowest BCUT2D eigenvalue weighted by Gasteiger charge is -2.09. The number of nitrogens with one attached hydrogen (secondary N) is 2. The topological polar surface area (TPSA) is 132 Å². The summed E-state index contributed by atoms with van der Waals surface area (Å²) in [5.74, 6) is -0.0390. The number of allylic oxidation sites excluding steroid dienone is 1. The van der Waals surface area contributed by atoms with Crippen LogP contribution >= 0.6 is 0 Å². The summed E-state index contributed by atoms with van der Waals surface area (Å²) in [6.45, 7) is 0.106. The summed E-state index contributed by atoms with van der Waals surface area (Å²) >= 11 is 0. The van der Waals surface area contributed by atoms with Crippen molar-refractivity contribution in [3.8, 4) is 11.5 Å². The second-order valence-corrected chi connectivity index (χ2v) is 7.39. The van der Waals surface area contributed by atoms with Crippen molar-refractivity contribution in [3.63, 3.8) is 0 Å². The first-order chi connectivity index (χ1) is 17.5. The van der Waals surface area contributed by atoms with Gasteiger partial charge in [-0.3, -0.25) is 19.7 Å². The minimum atomic E-state index is -0.674. The number of carbonyl (C=O) groups excluding carboxylic acids is 2. The average molecular weight is 484 g/mol. The number of rotatable bonds is 8. The molecule has 1 aliphatic heterocycles. The molecule has 3 aromatic rings. The van der Waals surface area contributed by atoms with Crippen molar-refractivity contribution in [2.45, 2.75) is 0 Å². The Morgan fingerprint density at radius 3 is 2.53 bits per heavy atom. The number of hydrazone groups is 1. The molecule has 180 valence electrons. The lowest BCUT2D eigenvalue weighted by atomic mass is 10.1. The smallest absolute Gasteiger partial charge is 0.287 e. The molecule has 0 bridgehead atoms. The van der Waals surface area contributed by atoms with Crippen LogP contribution in [-0.4, -0.2) is 29.7 Å². The lowest BCUT2D eigenvalue weighted by molar-refractivity contribution is -0.385. The van der Waals surface area contributed by atoms with E-state index in [1.807, 2.05) is 0 Å². The van der Waals surface area contributed by atoms with Gasteiger partial charge in [-0.2, -0.15) is 5.10 Å². The quantitative estimate of drug-likeness (QED) is 0.216. The zero-order valence-electron chi connectivity index (χ0n) is 18.8. The number of benzene rings is 3. The van der Waals surface area contributed by atoms with Crippen LogP contribution < -0.4 is 20.2 Å². The van der Waals surface area contributed by atoms with Crippen molar-refractivity contribution >= 4 is 35.9 Å². The predicted molar refractivity (Wildman–Crippen MR) is 133 cm³/mol. The molecular formula is C26H20N4O6. The first-order valence-electron chi connectivity index (χ1n) is 10.7. The first kappa shape index (κ1) is 23.9. The molecule has 0 unspecified atom stereocenters. The van der Waals surface area contributed by atoms with E-state index in [0.717, 1.165) is 0 Å². The van der Waals surface area contributed by atoms with Gasteiger partial charge < -0.3 is 14.8 Å². The average Bonchev–Trinajstić information content (AvgIpc) is 3.36. The van der Waals surface area contributed by atoms with Crippen molar-refractivity contribution in [1.29, 1.82) is 0 Å². The second-order valence-electron chi connectivity index (χ2n) is 7.39. The number of carbonyl (C=O) groups is 2. The number of para-hydroxylation sites is 1. The van der Waals surface area contributed by atoms with Gasteiger partial charge in [0.1, 0.15) is 5.70 Å². The Morgan fingerprint density at radius 1 is 0.972 bits per heavy atom. The normalized spacial score (nSPS) is 12.6. The van der Waals surface area contributed by atoms with Crippen molar-refractivity contribution in [2.75, 3.05) is 6.79 Å². The third-order valence-corrected chi connectivity index (χ3v) is 4.97. The van der Waals surface area contributed by atoms with Crippen LogP contribution in [-0.2, 0) is 4.79 Å². The maximum atomic E-state index is 12.8. The Balaban J connectivity index is 1.50. The maximum Gasteiger partial charge on any atom is 0.287 e. The van der Waals surface area contributed by atoms with E-state index in [1.54, 1.807) is 66.7 Å². The van der Waals surface area contributed by atoms with E-state index < -0.39 is 16.7 Å². The van der Waals surface area contributed by atoms with Crippen LogP contribution in [0.4, 0.5) is 5.69 Å². The maximum absolute atomic E-state index is 12.8. The Kier molecular flexibility index (Phi) is 7.47. The number of nitro groups is 1. The van der Waals surface area contributed by atoms with Gasteiger partial charge in [0.25, 0.3) is 17.5 Å². The molecule has 3 aromatic carbocycles. The molecule has 36 heavy (non-hydrogen) atoms. The summed E-state index contributed by atoms with van der Waals surface area (Å²) in [5.41, 5.74) is 3.59. The molecule has 4 rings (SSSR count). The highest BCUT2D eigenvalue weighted by atomic mass is 16.7. The summed E-state index contributed by atoms with van der Waals surface area (Å²) in [4.78, 5) is 36.1. The largest absolute Gasteiger partial charge is 0.454 e. The third kappa shape index (κ3) is 6.00. The minimum Gasteiger partial charge on any atom is -0.454 e. The number of ether oxygens (including phenoxy) is 2. The number of amides is 2. The molecule has 0 spiro atoms. The van der Waals surface area contributed by atoms with Crippen LogP contribution in [0.3, 0.4) is 0 Å². The summed E-state index contributed by atoms with van der Waals surface area (Å²) in [6, 6.07) is 19.8. The predicted octanol–water partition coefficient (Wildman–Crippen LogP) is 3.91. The fraction of sp³-hybridized carbons (Fsp3) is 0.0385. The van der Waals surface area contributed by atoms with Crippen molar-refractivity contribution < 1.29 is 24.0 Å². The van der Waals surface area contributed by atoms with Gasteiger partial charge in [0.05, 0.1) is 10.5 Å². The molecule has 0 aliphatic carbocycles. The van der Waals surface area contributed by atoms with Crippen LogP contribution in [0.5, 0.6) is 11.5 Å². The standard InChI is InChI=1S/C26H20N4O6/c31-25(20-8-2-1-3-9-20)28-21(15-18-12-13-23-24(16-18)36-17-35-23)26(32)29-27-14-6-10-19-7-4-5-11-22(19)30(33)34/h1-16H,17H2,(H,28,31)(H,29,32)/b10-6+,21-15+,27-14-. The van der Waals surface area contributed by atoms with Gasteiger partial charge in [0.15, 0.2) is 11.5 Å². The molecule has 1 aliphatic rings. The van der Waals surface area contributed by atoms with E-state index in [9.17, 15) is 19.7 Å². The minimum absolute atomic E-state index is 0.0521. The number of hydrogen-bond acceptors (Lipinski definition) is 7. The van der Waals surface area contributed by atoms with E-state index in [1.165, 1.54) is 30.5 Å². The fourth-order valence-corrected chi connectivity index (χ4v) is 3.25. The van der Waals surface area contributed by atoms with Crippen molar-refractivity contribution in [1.82, 2.24) is 10.7 Å². The highest BCUT2D eigenvalue weighted by Crippen LogP contribution is 2.33. The molecule has 0 saturated carbocycles. The van der Waals surface area contributed by atoms with Crippen LogP contribution in [0, 0.1) is 10.1 Å². The molecule has 2 N–H and O–H groups in total. The highest BCUT2D eigenvalue weighted by Gasteiger charge is 2.17. The number of nitro benzene ring substituents is 1. The summed E-state index contributed by atoms with van der Waals surface area (Å²) in [5, 5.41) is 17.6. The number of hydrogen-bond donors (Lipinski definition) is 2. The molecule has 0 atom stereocenters. The van der Waals surface area contributed by atoms with Crippen molar-refractivity contribution in [2.24, 2.45) is 5.10 Å². The molecule has 2 amide bonds. The monoisotopic (exact) mass is 484 g/mol. The van der Waals surface area contributed by atoms with Gasteiger partial charge in [-0.15, -0.1) is 0 Å². The van der Waals surface area contributed by atoms with Gasteiger partial charge >= 0.3 is 0 Å². The van der Waals surface area contributed by atoms with Crippen LogP contribution in [0.25, 0.3) is 12.2 Å². The molecule has 0 aromatic heterocycles. The van der Waals surface area contributed by atoms with Crippen LogP contribution in [0.2, 0.25) is 0 Å². The van der Waals surface area contributed by atoms with Gasteiger partial charge in [0, 0.05) is 17.8 Å². The summed E-state index contributed by atoms with van der Waals surface area (Å²) in [7, 11) is 0. The lowest BCUT2D eigenvalue weighted by Crippen LogP contribution is -2.32. The Morgan fingerprint density at radius 2 is 1.72 bits per heavy atom. The van der Waals surface area contributed by atoms with Gasteiger partial charge in [-0.05, 0) is 54.1 Å². The Bertz CT molecular complexity index is 1380. The van der Waals surface area contributed by atoms with Gasteiger partial charge in [-0.1, -0.05) is 36.4 Å². The highest BCUT2D eigenvalue weighted by molar-refractivity contribution is 6.05. The summed E-state index contributed by atoms with van der Waals surface area (Å²) < 4.78 is 10.7. The van der Waals surface area contributed by atoms with Crippen molar-refractivity contribution in [3.05, 3.63) is 111 Å². The third-order valence-electron chi connectivity index (χ3n) is 4.97. The molecule has 0 fully saturated rings. The zero-order chi connectivity index (χ0) is 25.3. The first-order valence-corrected chi connectivity index (χ1v) is 10.7. The Hall–Kier alpha value is -5.25. The molecular weight excluding hydrogens is 464 g/mol. The van der Waals surface area contributed by atoms with E-state index >= 15 is 0 Å². The van der Waals surface area contributed by atoms with Crippen LogP contribution in [0.1, 0.15) is 21.5 Å². The number of fused-ring (bicyclic) bond motifs is 1. The molecule has 10 nitrogen and oxygen atoms in total. The zero-order valence-corrected chi connectivity index (χ0v) is 18.8. The Labute approximate surface area is 205 Å². The van der Waals surface area contributed by atoms with E-state index in [-0.39, 0.29) is 18.2 Å². The summed E-state index contributed by atoms with van der Waals surface area (Å²) in [6.07, 6.45) is 5.70. The molecule has 10 heteroatoms. The SMILES string of the molecule is O=C(N/N=C\C=C\c1ccccc1[N+](=O)[O-])/C(=C\c1ccc2c(c1)OCO2)NC(=O)c1ccccc1. The second kappa shape index (κ2) is 11.3. The molecule has 0 saturated heterocycles. The molecule has 0 radical (unpaired) electrons. The van der Waals surface area contributed by atoms with E-state index in [4.69, 9.17) is 9.47 Å². The van der Waals surface area contributed by atoms with Crippen LogP contribution in [0.15, 0.2) is 89.7 Å². The van der Waals surface area contributed by atoms with E-state index in [0.29, 0.717) is 28.2 Å². The molecule has 1 heterocycles. The van der Waals surface area contributed by atoms with Gasteiger partial charge in [0.2, 0.25) is 6.79 Å². The number of nitrogens with zero attached hydrogens (tertiary/aromatic N) is 2. The van der Waals surface area contributed by atoms with E-state index in [2.05, 4.69) is 15.8 Å². The van der Waals surface area contributed by atoms with Gasteiger partial charge in [-0.25, -0.2) is 5.43 Å².